The van der Waals surface area contributed by atoms with Crippen molar-refractivity contribution in [3.63, 3.8) is 0 Å². The molecule has 0 atom stereocenters. The summed E-state index contributed by atoms with van der Waals surface area (Å²) in [4.78, 5) is 21.6. The Labute approximate surface area is 262 Å². The topological polar surface area (TPSA) is 40.5 Å². The molecule has 0 aliphatic rings. The molecule has 0 spiro atoms. The Hall–Kier alpha value is -2.77. The highest BCUT2D eigenvalue weighted by Gasteiger charge is 2.30. The third-order valence-corrected chi connectivity index (χ3v) is 9.21. The third kappa shape index (κ3) is 6.99. The molecule has 0 saturated heterocycles. The van der Waals surface area contributed by atoms with Crippen LogP contribution in [0.4, 0.5) is 0 Å². The lowest BCUT2D eigenvalue weighted by atomic mass is 9.73. The maximum atomic E-state index is 10.8. The van der Waals surface area contributed by atoms with Gasteiger partial charge >= 0.3 is 0 Å². The van der Waals surface area contributed by atoms with Gasteiger partial charge in [0.2, 0.25) is 0 Å². The summed E-state index contributed by atoms with van der Waals surface area (Å²) >= 11 is 0. The van der Waals surface area contributed by atoms with Gasteiger partial charge in [-0.1, -0.05) is 156 Å². The van der Waals surface area contributed by atoms with Crippen LogP contribution < -0.4 is 5.30 Å². The first-order valence-corrected chi connectivity index (χ1v) is 16.7. The second kappa shape index (κ2) is 11.6. The van der Waals surface area contributed by atoms with Crippen LogP contribution in [-0.4, -0.2) is 9.79 Å². The molecule has 4 aromatic carbocycles. The summed E-state index contributed by atoms with van der Waals surface area (Å²) in [6.07, 6.45) is 0. The van der Waals surface area contributed by atoms with Crippen molar-refractivity contribution in [3.05, 3.63) is 101 Å². The lowest BCUT2D eigenvalue weighted by Crippen LogP contribution is -2.19. The Kier molecular flexibility index (Phi) is 8.96. The lowest BCUT2D eigenvalue weighted by Gasteiger charge is -2.32. The van der Waals surface area contributed by atoms with Gasteiger partial charge in [0.25, 0.3) is 0 Å². The molecule has 4 rings (SSSR count). The fourth-order valence-electron chi connectivity index (χ4n) is 5.88. The van der Waals surface area contributed by atoms with Crippen LogP contribution in [-0.2, 0) is 21.7 Å². The van der Waals surface area contributed by atoms with E-state index in [1.165, 1.54) is 27.8 Å². The normalized spacial score (nSPS) is 13.1. The molecular weight excluding hydrogens is 543 g/mol. The standard InChI is InChI=1S/C40H51O2P/c1-37(2,3)27-18-20-29(32(24-27)39(7,8)9)30-22-23-34(43(41)42)35(26-16-14-13-15-17-26)36(30)31-21-19-28(38(4,5)6)25-33(31)40(10,11)12/h13-25,41-42H,1-12H3. The molecular formula is C40H51O2P. The van der Waals surface area contributed by atoms with Gasteiger partial charge < -0.3 is 9.79 Å². The predicted molar refractivity (Wildman–Crippen MR) is 189 cm³/mol. The molecule has 0 aliphatic heterocycles. The molecule has 0 bridgehead atoms. The Morgan fingerprint density at radius 2 is 0.884 bits per heavy atom. The van der Waals surface area contributed by atoms with E-state index in [2.05, 4.69) is 138 Å². The van der Waals surface area contributed by atoms with Crippen LogP contribution in [0.5, 0.6) is 0 Å². The van der Waals surface area contributed by atoms with E-state index in [1.807, 2.05) is 24.3 Å². The molecule has 0 fully saturated rings. The van der Waals surface area contributed by atoms with Gasteiger partial charge in [0.05, 0.1) is 0 Å². The molecule has 43 heavy (non-hydrogen) atoms. The zero-order valence-electron chi connectivity index (χ0n) is 28.3. The van der Waals surface area contributed by atoms with Gasteiger partial charge in [-0.3, -0.25) is 0 Å². The molecule has 2 nitrogen and oxygen atoms in total. The first-order valence-electron chi connectivity index (χ1n) is 15.4. The number of hydrogen-bond acceptors (Lipinski definition) is 2. The van der Waals surface area contributed by atoms with E-state index in [4.69, 9.17) is 0 Å². The van der Waals surface area contributed by atoms with Crippen molar-refractivity contribution >= 4 is 13.7 Å². The van der Waals surface area contributed by atoms with Crippen molar-refractivity contribution in [2.75, 3.05) is 0 Å². The Morgan fingerprint density at radius 3 is 1.33 bits per heavy atom. The van der Waals surface area contributed by atoms with E-state index in [9.17, 15) is 9.79 Å². The minimum atomic E-state index is -2.34. The maximum absolute atomic E-state index is 10.8. The summed E-state index contributed by atoms with van der Waals surface area (Å²) in [7, 11) is -2.34. The summed E-state index contributed by atoms with van der Waals surface area (Å²) in [5.74, 6) is 0. The molecule has 0 amide bonds. The third-order valence-electron chi connectivity index (χ3n) is 8.41. The van der Waals surface area contributed by atoms with Crippen LogP contribution >= 0.6 is 8.38 Å². The van der Waals surface area contributed by atoms with E-state index in [0.29, 0.717) is 5.30 Å². The van der Waals surface area contributed by atoms with Gasteiger partial charge in [-0.15, -0.1) is 0 Å². The number of rotatable bonds is 4. The fraction of sp³-hybridized carbons (Fsp3) is 0.400. The van der Waals surface area contributed by atoms with E-state index >= 15 is 0 Å². The van der Waals surface area contributed by atoms with Crippen LogP contribution in [0, 0.1) is 0 Å². The Morgan fingerprint density at radius 1 is 0.442 bits per heavy atom. The van der Waals surface area contributed by atoms with Gasteiger partial charge in [-0.2, -0.15) is 0 Å². The predicted octanol–water partition coefficient (Wildman–Crippen LogP) is 10.8. The molecule has 228 valence electrons. The SMILES string of the molecule is CC(C)(C)c1ccc(-c2ccc(P(O)O)c(-c3ccccc3)c2-c2ccc(C(C)(C)C)cc2C(C)(C)C)c(C(C)(C)C)c1. The van der Waals surface area contributed by atoms with Crippen LogP contribution in [0.15, 0.2) is 78.9 Å². The van der Waals surface area contributed by atoms with Crippen molar-refractivity contribution in [2.24, 2.45) is 0 Å². The van der Waals surface area contributed by atoms with Crippen LogP contribution in [0.2, 0.25) is 0 Å². The van der Waals surface area contributed by atoms with Crippen molar-refractivity contribution in [2.45, 2.75) is 105 Å². The zero-order valence-corrected chi connectivity index (χ0v) is 29.2. The molecule has 0 aliphatic carbocycles. The van der Waals surface area contributed by atoms with Gasteiger partial charge in [0.15, 0.2) is 8.38 Å². The largest absolute Gasteiger partial charge is 0.347 e. The van der Waals surface area contributed by atoms with Crippen molar-refractivity contribution in [1.82, 2.24) is 0 Å². The molecule has 0 heterocycles. The average molecular weight is 595 g/mol. The quantitative estimate of drug-likeness (QED) is 0.231. The van der Waals surface area contributed by atoms with Gasteiger partial charge in [0.1, 0.15) is 0 Å². The monoisotopic (exact) mass is 594 g/mol. The van der Waals surface area contributed by atoms with E-state index in [0.717, 1.165) is 27.8 Å². The first kappa shape index (κ1) is 33.1. The highest BCUT2D eigenvalue weighted by molar-refractivity contribution is 7.54. The number of hydrogen-bond donors (Lipinski definition) is 2. The Bertz CT molecular complexity index is 1600. The van der Waals surface area contributed by atoms with Crippen LogP contribution in [0.25, 0.3) is 33.4 Å². The first-order chi connectivity index (χ1) is 19.7. The highest BCUT2D eigenvalue weighted by atomic mass is 31.2. The molecule has 0 aromatic heterocycles. The molecule has 2 N–H and O–H groups in total. The van der Waals surface area contributed by atoms with Crippen LogP contribution in [0.1, 0.15) is 105 Å². The summed E-state index contributed by atoms with van der Waals surface area (Å²) in [6, 6.07) is 28.1. The number of benzene rings is 4. The van der Waals surface area contributed by atoms with Gasteiger partial charge in [0, 0.05) is 10.9 Å². The molecule has 0 unspecified atom stereocenters. The smallest absolute Gasteiger partial charge is 0.200 e. The van der Waals surface area contributed by atoms with Crippen molar-refractivity contribution < 1.29 is 9.79 Å². The molecule has 0 saturated carbocycles. The van der Waals surface area contributed by atoms with E-state index in [-0.39, 0.29) is 21.7 Å². The summed E-state index contributed by atoms with van der Waals surface area (Å²) < 4.78 is 0. The summed E-state index contributed by atoms with van der Waals surface area (Å²) in [6.45, 7) is 27.2. The van der Waals surface area contributed by atoms with E-state index in [1.54, 1.807) is 0 Å². The minimum Gasteiger partial charge on any atom is -0.347 e. The highest BCUT2D eigenvalue weighted by Crippen LogP contribution is 2.48. The Balaban J connectivity index is 2.26. The van der Waals surface area contributed by atoms with Crippen molar-refractivity contribution in [3.8, 4) is 33.4 Å². The fourth-order valence-corrected chi connectivity index (χ4v) is 6.52. The second-order valence-electron chi connectivity index (χ2n) is 16.1. The molecule has 3 heteroatoms. The second-order valence-corrected chi connectivity index (χ2v) is 17.1. The average Bonchev–Trinajstić information content (AvgIpc) is 2.90. The van der Waals surface area contributed by atoms with Gasteiger partial charge in [-0.05, 0) is 77.8 Å². The summed E-state index contributed by atoms with van der Waals surface area (Å²) in [5, 5.41) is 0.573. The van der Waals surface area contributed by atoms with Crippen molar-refractivity contribution in [1.29, 1.82) is 0 Å². The summed E-state index contributed by atoms with van der Waals surface area (Å²) in [5.41, 5.74) is 11.2. The zero-order chi connectivity index (χ0) is 32.1. The lowest BCUT2D eigenvalue weighted by molar-refractivity contribution is 0.497. The minimum absolute atomic E-state index is 0.00181. The molecule has 0 radical (unpaired) electrons. The maximum Gasteiger partial charge on any atom is 0.200 e. The van der Waals surface area contributed by atoms with Gasteiger partial charge in [-0.25, -0.2) is 0 Å². The van der Waals surface area contributed by atoms with E-state index < -0.39 is 8.38 Å². The molecule has 4 aromatic rings. The van der Waals surface area contributed by atoms with Crippen LogP contribution in [0.3, 0.4) is 0 Å².